The van der Waals surface area contributed by atoms with Gasteiger partial charge in [0.15, 0.2) is 5.69 Å². The minimum Gasteiger partial charge on any atom is -0.337 e. The first-order chi connectivity index (χ1) is 13.7. The van der Waals surface area contributed by atoms with Crippen LogP contribution in [0.1, 0.15) is 60.3 Å². The molecule has 2 aromatic rings. The molecule has 0 radical (unpaired) electrons. The molecule has 6 nitrogen and oxygen atoms in total. The predicted molar refractivity (Wildman–Crippen MR) is 112 cm³/mol. The summed E-state index contributed by atoms with van der Waals surface area (Å²) < 4.78 is 2.08. The summed E-state index contributed by atoms with van der Waals surface area (Å²) in [6.45, 7) is 8.90. The Labute approximate surface area is 167 Å². The van der Waals surface area contributed by atoms with E-state index in [4.69, 9.17) is 4.98 Å². The SMILES string of the molecule is Cc1ccn2c(CNCCN3CCCC3)c(C(=O)N3CCCCCC3)nc2c1. The van der Waals surface area contributed by atoms with Gasteiger partial charge in [0, 0.05) is 38.9 Å². The molecule has 1 amide bonds. The van der Waals surface area contributed by atoms with Crippen LogP contribution in [0, 0.1) is 6.92 Å². The summed E-state index contributed by atoms with van der Waals surface area (Å²) in [6.07, 6.45) is 9.33. The van der Waals surface area contributed by atoms with Crippen LogP contribution in [0.2, 0.25) is 0 Å². The molecule has 4 rings (SSSR count). The van der Waals surface area contributed by atoms with Crippen molar-refractivity contribution in [2.75, 3.05) is 39.3 Å². The van der Waals surface area contributed by atoms with Crippen molar-refractivity contribution >= 4 is 11.6 Å². The van der Waals surface area contributed by atoms with Gasteiger partial charge in [-0.2, -0.15) is 0 Å². The third-order valence-electron chi connectivity index (χ3n) is 6.07. The number of nitrogens with one attached hydrogen (secondary N) is 1. The monoisotopic (exact) mass is 383 g/mol. The van der Waals surface area contributed by atoms with E-state index in [0.717, 1.165) is 50.4 Å². The molecule has 2 aliphatic rings. The van der Waals surface area contributed by atoms with Gasteiger partial charge >= 0.3 is 0 Å². The fourth-order valence-electron chi connectivity index (χ4n) is 4.41. The van der Waals surface area contributed by atoms with E-state index in [1.54, 1.807) is 0 Å². The lowest BCUT2D eigenvalue weighted by Gasteiger charge is -2.20. The Morgan fingerprint density at radius 1 is 1.07 bits per heavy atom. The summed E-state index contributed by atoms with van der Waals surface area (Å²) in [6, 6.07) is 4.15. The van der Waals surface area contributed by atoms with Crippen LogP contribution >= 0.6 is 0 Å². The summed E-state index contributed by atoms with van der Waals surface area (Å²) >= 11 is 0. The molecule has 0 saturated carbocycles. The molecular weight excluding hydrogens is 350 g/mol. The van der Waals surface area contributed by atoms with Crippen LogP contribution in [-0.2, 0) is 6.54 Å². The first kappa shape index (κ1) is 19.4. The molecule has 2 aliphatic heterocycles. The number of rotatable bonds is 6. The third kappa shape index (κ3) is 4.39. The van der Waals surface area contributed by atoms with Crippen molar-refractivity contribution in [2.45, 2.75) is 52.0 Å². The average molecular weight is 384 g/mol. The zero-order chi connectivity index (χ0) is 19.3. The minimum absolute atomic E-state index is 0.0968. The van der Waals surface area contributed by atoms with Crippen LogP contribution in [-0.4, -0.2) is 64.4 Å². The first-order valence-electron chi connectivity index (χ1n) is 10.9. The molecule has 0 spiro atoms. The number of likely N-dealkylation sites (tertiary alicyclic amines) is 2. The highest BCUT2D eigenvalue weighted by Gasteiger charge is 2.24. The van der Waals surface area contributed by atoms with E-state index in [9.17, 15) is 4.79 Å². The van der Waals surface area contributed by atoms with Gasteiger partial charge in [-0.1, -0.05) is 12.8 Å². The van der Waals surface area contributed by atoms with Crippen molar-refractivity contribution in [3.63, 3.8) is 0 Å². The number of carbonyl (C=O) groups excluding carboxylic acids is 1. The highest BCUT2D eigenvalue weighted by atomic mass is 16.2. The molecule has 28 heavy (non-hydrogen) atoms. The van der Waals surface area contributed by atoms with Crippen LogP contribution in [0.3, 0.4) is 0 Å². The highest BCUT2D eigenvalue weighted by molar-refractivity contribution is 5.94. The Morgan fingerprint density at radius 2 is 1.79 bits per heavy atom. The molecule has 0 unspecified atom stereocenters. The highest BCUT2D eigenvalue weighted by Crippen LogP contribution is 2.19. The van der Waals surface area contributed by atoms with Crippen LogP contribution < -0.4 is 5.32 Å². The average Bonchev–Trinajstić information content (AvgIpc) is 3.24. The number of carbonyl (C=O) groups is 1. The van der Waals surface area contributed by atoms with Gasteiger partial charge in [-0.05, 0) is 63.4 Å². The molecular formula is C22H33N5O. The van der Waals surface area contributed by atoms with Crippen molar-refractivity contribution in [1.82, 2.24) is 24.5 Å². The second-order valence-electron chi connectivity index (χ2n) is 8.27. The van der Waals surface area contributed by atoms with E-state index < -0.39 is 0 Å². The van der Waals surface area contributed by atoms with Gasteiger partial charge in [-0.25, -0.2) is 4.98 Å². The zero-order valence-corrected chi connectivity index (χ0v) is 17.1. The maximum Gasteiger partial charge on any atom is 0.274 e. The maximum atomic E-state index is 13.3. The number of fused-ring (bicyclic) bond motifs is 1. The summed E-state index contributed by atoms with van der Waals surface area (Å²) in [5.41, 5.74) is 3.65. The number of amides is 1. The zero-order valence-electron chi connectivity index (χ0n) is 17.1. The first-order valence-corrected chi connectivity index (χ1v) is 10.9. The molecule has 0 atom stereocenters. The predicted octanol–water partition coefficient (Wildman–Crippen LogP) is 2.84. The minimum atomic E-state index is 0.0968. The molecule has 152 valence electrons. The van der Waals surface area contributed by atoms with Crippen LogP contribution in [0.5, 0.6) is 0 Å². The Kier molecular flexibility index (Phi) is 6.27. The van der Waals surface area contributed by atoms with Gasteiger partial charge in [0.1, 0.15) is 5.65 Å². The molecule has 1 N–H and O–H groups in total. The van der Waals surface area contributed by atoms with E-state index in [1.807, 2.05) is 11.1 Å². The molecule has 0 aliphatic carbocycles. The molecule has 6 heteroatoms. The molecule has 2 fully saturated rings. The maximum absolute atomic E-state index is 13.3. The van der Waals surface area contributed by atoms with Gasteiger partial charge in [-0.15, -0.1) is 0 Å². The largest absolute Gasteiger partial charge is 0.337 e. The van der Waals surface area contributed by atoms with Crippen LogP contribution in [0.15, 0.2) is 18.3 Å². The van der Waals surface area contributed by atoms with Crippen molar-refractivity contribution in [1.29, 1.82) is 0 Å². The number of nitrogens with zero attached hydrogens (tertiary/aromatic N) is 4. The van der Waals surface area contributed by atoms with Gasteiger partial charge in [0.05, 0.1) is 5.69 Å². The topological polar surface area (TPSA) is 52.9 Å². The Bertz CT molecular complexity index is 801. The fraction of sp³-hybridized carbons (Fsp3) is 0.636. The smallest absolute Gasteiger partial charge is 0.274 e. The van der Waals surface area contributed by atoms with Crippen LogP contribution in [0.4, 0.5) is 0 Å². The number of aryl methyl sites for hydroxylation is 1. The standard InChI is InChI=1S/C22H33N5O/c1-18-8-14-27-19(17-23-9-15-25-10-6-7-11-25)21(24-20(27)16-18)22(28)26-12-4-2-3-5-13-26/h8,14,16,23H,2-7,9-13,15,17H2,1H3. The number of hydrogen-bond acceptors (Lipinski definition) is 4. The summed E-state index contributed by atoms with van der Waals surface area (Å²) in [4.78, 5) is 22.6. The fourth-order valence-corrected chi connectivity index (χ4v) is 4.41. The van der Waals surface area contributed by atoms with Crippen molar-refractivity contribution in [3.8, 4) is 0 Å². The van der Waals surface area contributed by atoms with Crippen LogP contribution in [0.25, 0.3) is 5.65 Å². The van der Waals surface area contributed by atoms with Crippen molar-refractivity contribution in [2.24, 2.45) is 0 Å². The van der Waals surface area contributed by atoms with Crippen molar-refractivity contribution < 1.29 is 4.79 Å². The summed E-state index contributed by atoms with van der Waals surface area (Å²) in [5, 5.41) is 3.56. The van der Waals surface area contributed by atoms with Gasteiger partial charge < -0.3 is 19.5 Å². The normalized spacial score (nSPS) is 18.7. The van der Waals surface area contributed by atoms with E-state index in [-0.39, 0.29) is 5.91 Å². The summed E-state index contributed by atoms with van der Waals surface area (Å²) in [7, 11) is 0. The number of aromatic nitrogens is 2. The molecule has 0 aromatic carbocycles. The second kappa shape index (κ2) is 9.05. The quantitative estimate of drug-likeness (QED) is 0.780. The Balaban J connectivity index is 1.52. The van der Waals surface area contributed by atoms with Gasteiger partial charge in [0.25, 0.3) is 5.91 Å². The lowest BCUT2D eigenvalue weighted by atomic mass is 10.2. The molecule has 4 heterocycles. The number of pyridine rings is 1. The number of imidazole rings is 1. The molecule has 0 bridgehead atoms. The third-order valence-corrected chi connectivity index (χ3v) is 6.07. The van der Waals surface area contributed by atoms with E-state index in [1.165, 1.54) is 44.3 Å². The lowest BCUT2D eigenvalue weighted by molar-refractivity contribution is 0.0755. The molecule has 2 aromatic heterocycles. The lowest BCUT2D eigenvalue weighted by Crippen LogP contribution is -2.34. The Hall–Kier alpha value is -1.92. The number of hydrogen-bond donors (Lipinski definition) is 1. The van der Waals surface area contributed by atoms with E-state index in [2.05, 4.69) is 33.7 Å². The Morgan fingerprint density at radius 3 is 2.54 bits per heavy atom. The molecule has 2 saturated heterocycles. The summed E-state index contributed by atoms with van der Waals surface area (Å²) in [5.74, 6) is 0.0968. The van der Waals surface area contributed by atoms with Gasteiger partial charge in [-0.3, -0.25) is 4.79 Å². The van der Waals surface area contributed by atoms with Crippen molar-refractivity contribution in [3.05, 3.63) is 35.3 Å². The van der Waals surface area contributed by atoms with E-state index >= 15 is 0 Å². The van der Waals surface area contributed by atoms with E-state index in [0.29, 0.717) is 12.2 Å². The van der Waals surface area contributed by atoms with Gasteiger partial charge in [0.2, 0.25) is 0 Å². The second-order valence-corrected chi connectivity index (χ2v) is 8.27.